The zero-order valence-corrected chi connectivity index (χ0v) is 20.7. The third-order valence-corrected chi connectivity index (χ3v) is 8.10. The molecule has 1 aliphatic carbocycles. The Morgan fingerprint density at radius 3 is 2.31 bits per heavy atom. The van der Waals surface area contributed by atoms with Gasteiger partial charge in [0.25, 0.3) is 0 Å². The zero-order chi connectivity index (χ0) is 25.9. The number of carbonyl (C=O) groups is 1. The number of nitrogens with zero attached hydrogens (tertiary/aromatic N) is 4. The van der Waals surface area contributed by atoms with Crippen LogP contribution in [0, 0.1) is 11.6 Å². The summed E-state index contributed by atoms with van der Waals surface area (Å²) >= 11 is 0. The van der Waals surface area contributed by atoms with Crippen LogP contribution in [0.4, 0.5) is 14.5 Å². The number of aromatic nitrogens is 2. The molecular weight excluding hydrogens is 498 g/mol. The average Bonchev–Trinajstić information content (AvgIpc) is 2.85. The van der Waals surface area contributed by atoms with E-state index < -0.39 is 38.9 Å². The number of esters is 1. The van der Waals surface area contributed by atoms with Crippen LogP contribution in [0.1, 0.15) is 32.1 Å². The van der Waals surface area contributed by atoms with E-state index in [0.717, 1.165) is 56.0 Å². The van der Waals surface area contributed by atoms with E-state index >= 15 is 0 Å². The van der Waals surface area contributed by atoms with Crippen LogP contribution in [0.5, 0.6) is 5.75 Å². The SMILES string of the molecule is COC(=O)CS(=O)(=O)N1CCN(c2cnn(-c3cc(F)cc(F)c3)c(=O)c2OC2CCCCC2)CC1. The first-order valence-electron chi connectivity index (χ1n) is 11.7. The van der Waals surface area contributed by atoms with Crippen molar-refractivity contribution in [2.45, 2.75) is 38.2 Å². The molecule has 2 heterocycles. The van der Waals surface area contributed by atoms with Crippen LogP contribution in [-0.4, -0.2) is 73.6 Å². The second-order valence-corrected chi connectivity index (χ2v) is 10.8. The molecule has 0 radical (unpaired) electrons. The molecule has 0 unspecified atom stereocenters. The van der Waals surface area contributed by atoms with Crippen molar-refractivity contribution in [3.63, 3.8) is 0 Å². The Hall–Kier alpha value is -3.06. The van der Waals surface area contributed by atoms with E-state index in [1.165, 1.54) is 10.5 Å². The lowest BCUT2D eigenvalue weighted by Gasteiger charge is -2.36. The van der Waals surface area contributed by atoms with Gasteiger partial charge >= 0.3 is 11.5 Å². The van der Waals surface area contributed by atoms with Gasteiger partial charge in [0.1, 0.15) is 17.3 Å². The molecule has 1 saturated heterocycles. The zero-order valence-electron chi connectivity index (χ0n) is 19.9. The number of rotatable bonds is 7. The molecule has 36 heavy (non-hydrogen) atoms. The molecule has 10 nitrogen and oxygen atoms in total. The fourth-order valence-corrected chi connectivity index (χ4v) is 5.78. The average molecular weight is 527 g/mol. The maximum absolute atomic E-state index is 13.8. The van der Waals surface area contributed by atoms with Gasteiger partial charge in [-0.05, 0) is 37.8 Å². The monoisotopic (exact) mass is 526 g/mol. The molecule has 13 heteroatoms. The van der Waals surface area contributed by atoms with Crippen molar-refractivity contribution in [3.8, 4) is 11.4 Å². The Kier molecular flexibility index (Phi) is 7.88. The summed E-state index contributed by atoms with van der Waals surface area (Å²) in [6.45, 7) is 0.614. The Labute approximate surface area is 207 Å². The van der Waals surface area contributed by atoms with Crippen molar-refractivity contribution in [2.75, 3.05) is 43.9 Å². The molecule has 0 bridgehead atoms. The molecule has 0 spiro atoms. The van der Waals surface area contributed by atoms with Gasteiger partial charge in [-0.15, -0.1) is 0 Å². The molecule has 0 N–H and O–H groups in total. The number of benzene rings is 1. The van der Waals surface area contributed by atoms with Crippen LogP contribution >= 0.6 is 0 Å². The maximum Gasteiger partial charge on any atom is 0.322 e. The summed E-state index contributed by atoms with van der Waals surface area (Å²) in [7, 11) is -2.72. The van der Waals surface area contributed by atoms with E-state index in [2.05, 4.69) is 9.84 Å². The molecule has 1 aromatic carbocycles. The lowest BCUT2D eigenvalue weighted by atomic mass is 9.98. The fraction of sp³-hybridized carbons (Fsp3) is 0.522. The molecule has 1 aliphatic heterocycles. The molecule has 4 rings (SSSR count). The summed E-state index contributed by atoms with van der Waals surface area (Å²) in [4.78, 5) is 26.7. The molecule has 2 fully saturated rings. The highest BCUT2D eigenvalue weighted by molar-refractivity contribution is 7.89. The van der Waals surface area contributed by atoms with Crippen molar-refractivity contribution >= 4 is 21.7 Å². The molecule has 1 saturated carbocycles. The van der Waals surface area contributed by atoms with Crippen molar-refractivity contribution in [1.29, 1.82) is 0 Å². The summed E-state index contributed by atoms with van der Waals surface area (Å²) in [5, 5.41) is 4.13. The third kappa shape index (κ3) is 5.84. The van der Waals surface area contributed by atoms with Crippen molar-refractivity contribution < 1.29 is 31.5 Å². The summed E-state index contributed by atoms with van der Waals surface area (Å²) in [6, 6.07) is 2.72. The second-order valence-electron chi connectivity index (χ2n) is 8.80. The normalized spacial score (nSPS) is 17.7. The van der Waals surface area contributed by atoms with Gasteiger partial charge in [0, 0.05) is 32.2 Å². The smallest absolute Gasteiger partial charge is 0.322 e. The van der Waals surface area contributed by atoms with E-state index in [1.54, 1.807) is 4.90 Å². The van der Waals surface area contributed by atoms with E-state index in [0.29, 0.717) is 11.8 Å². The minimum atomic E-state index is -3.84. The molecule has 196 valence electrons. The quantitative estimate of drug-likeness (QED) is 0.503. The number of piperazine rings is 1. The molecule has 2 aliphatic rings. The molecular formula is C23H28F2N4O6S. The highest BCUT2D eigenvalue weighted by Gasteiger charge is 2.32. The predicted octanol–water partition coefficient (Wildman–Crippen LogP) is 1.85. The van der Waals surface area contributed by atoms with Crippen LogP contribution < -0.4 is 15.2 Å². The number of carbonyl (C=O) groups excluding carboxylic acids is 1. The Morgan fingerprint density at radius 2 is 1.69 bits per heavy atom. The fourth-order valence-electron chi connectivity index (χ4n) is 4.47. The first-order valence-corrected chi connectivity index (χ1v) is 13.3. The molecule has 0 amide bonds. The van der Waals surface area contributed by atoms with Gasteiger partial charge in [-0.2, -0.15) is 14.1 Å². The highest BCUT2D eigenvalue weighted by Crippen LogP contribution is 2.30. The van der Waals surface area contributed by atoms with Gasteiger partial charge in [-0.1, -0.05) is 6.42 Å². The van der Waals surface area contributed by atoms with Crippen molar-refractivity contribution in [3.05, 3.63) is 46.4 Å². The van der Waals surface area contributed by atoms with Gasteiger partial charge in [0.2, 0.25) is 15.8 Å². The second kappa shape index (κ2) is 10.9. The van der Waals surface area contributed by atoms with Crippen LogP contribution in [0.25, 0.3) is 5.69 Å². The number of hydrogen-bond acceptors (Lipinski definition) is 8. The molecule has 2 aromatic rings. The topological polar surface area (TPSA) is 111 Å². The number of hydrogen-bond donors (Lipinski definition) is 0. The molecule has 0 atom stereocenters. The standard InChI is InChI=1S/C23H28F2N4O6S/c1-34-21(30)15-36(32,33)28-9-7-27(8-10-28)20-14-26-29(18-12-16(24)11-17(25)13-18)23(31)22(20)35-19-5-3-2-4-6-19/h11-14,19H,2-10,15H2,1H3. The van der Waals surface area contributed by atoms with Crippen LogP contribution in [0.3, 0.4) is 0 Å². The number of sulfonamides is 1. The number of ether oxygens (including phenoxy) is 2. The van der Waals surface area contributed by atoms with Crippen molar-refractivity contribution in [1.82, 2.24) is 14.1 Å². The van der Waals surface area contributed by atoms with E-state index in [9.17, 15) is 26.8 Å². The minimum Gasteiger partial charge on any atom is -0.483 e. The summed E-state index contributed by atoms with van der Waals surface area (Å²) in [5.41, 5.74) is -0.358. The van der Waals surface area contributed by atoms with Crippen LogP contribution in [-0.2, 0) is 19.6 Å². The Morgan fingerprint density at radius 1 is 1.06 bits per heavy atom. The number of halogens is 2. The minimum absolute atomic E-state index is 0.00689. The van der Waals surface area contributed by atoms with Gasteiger partial charge in [0.15, 0.2) is 5.75 Å². The van der Waals surface area contributed by atoms with Crippen molar-refractivity contribution in [2.24, 2.45) is 0 Å². The first-order chi connectivity index (χ1) is 17.2. The van der Waals surface area contributed by atoms with Gasteiger partial charge in [0.05, 0.1) is 25.1 Å². The number of methoxy groups -OCH3 is 1. The van der Waals surface area contributed by atoms with Gasteiger partial charge in [-0.3, -0.25) is 9.59 Å². The van der Waals surface area contributed by atoms with E-state index in [4.69, 9.17) is 4.74 Å². The molecule has 1 aromatic heterocycles. The Balaban J connectivity index is 1.63. The first kappa shape index (κ1) is 26.0. The third-order valence-electron chi connectivity index (χ3n) is 6.34. The van der Waals surface area contributed by atoms with Crippen LogP contribution in [0.15, 0.2) is 29.2 Å². The summed E-state index contributed by atoms with van der Waals surface area (Å²) in [6.07, 6.45) is 5.76. The van der Waals surface area contributed by atoms with Gasteiger partial charge < -0.3 is 14.4 Å². The summed E-state index contributed by atoms with van der Waals surface area (Å²) in [5.74, 6) is -3.28. The van der Waals surface area contributed by atoms with Crippen LogP contribution in [0.2, 0.25) is 0 Å². The van der Waals surface area contributed by atoms with E-state index in [-0.39, 0.29) is 43.7 Å². The number of anilines is 1. The van der Waals surface area contributed by atoms with Gasteiger partial charge in [-0.25, -0.2) is 17.2 Å². The lowest BCUT2D eigenvalue weighted by Crippen LogP contribution is -2.50. The maximum atomic E-state index is 13.8. The predicted molar refractivity (Wildman–Crippen MR) is 127 cm³/mol. The lowest BCUT2D eigenvalue weighted by molar-refractivity contribution is -0.137. The highest BCUT2D eigenvalue weighted by atomic mass is 32.2. The Bertz CT molecular complexity index is 1250. The van der Waals surface area contributed by atoms with E-state index in [1.807, 2.05) is 0 Å². The summed E-state index contributed by atoms with van der Waals surface area (Å²) < 4.78 is 65.3. The largest absolute Gasteiger partial charge is 0.483 e.